The number of alkyl halides is 9. The highest BCUT2D eigenvalue weighted by Crippen LogP contribution is 2.35. The molecule has 0 amide bonds. The van der Waals surface area contributed by atoms with Crippen LogP contribution in [0.3, 0.4) is 0 Å². The van der Waals surface area contributed by atoms with Gasteiger partial charge in [0.2, 0.25) is 0 Å². The standard InChI is InChI=1S/C52H44IS2.3CHF3O3S/c1-37-5-25-47(26-6-37)54(48-27-7-38(2)8-28-48)51-33-17-43(18-34-51)41-13-21-45(22-14-41)53-46-23-15-42(16-24-46)44-19-35-52(36-20-44)55(49-29-9-39(3)10-30-49)50-31-11-40(4)12-32-50;3*2-1(3,4)8(5,6)7/h5-36H,1-4H3;3*(H,5,6,7)/q+3;;;/p-3. The quantitative estimate of drug-likeness (QED) is 0.0425. The summed E-state index contributed by atoms with van der Waals surface area (Å²) in [5.74, 6) is 0. The monoisotopic (exact) mass is 1310 g/mol. The largest absolute Gasteiger partial charge is 0.741 e. The molecule has 418 valence electrons. The Labute approximate surface area is 467 Å². The summed E-state index contributed by atoms with van der Waals surface area (Å²) >= 11 is -0.278. The Bertz CT molecular complexity index is 3240. The third kappa shape index (κ3) is 18.9. The Hall–Kier alpha value is -5.71. The fourth-order valence-electron chi connectivity index (χ4n) is 6.62. The Kier molecular flexibility index (Phi) is 21.7. The lowest BCUT2D eigenvalue weighted by atomic mass is 10.1. The van der Waals surface area contributed by atoms with E-state index in [1.54, 1.807) is 0 Å². The molecular formula is C55H44F9IO9S5. The lowest BCUT2D eigenvalue weighted by Gasteiger charge is -2.10. The topological polar surface area (TPSA) is 172 Å². The van der Waals surface area contributed by atoms with Crippen molar-refractivity contribution in [1.29, 1.82) is 0 Å². The van der Waals surface area contributed by atoms with E-state index in [9.17, 15) is 39.5 Å². The van der Waals surface area contributed by atoms with Gasteiger partial charge in [0.15, 0.2) is 66.9 Å². The molecule has 0 N–H and O–H groups in total. The summed E-state index contributed by atoms with van der Waals surface area (Å²) in [5.41, 5.74) is -6.75. The highest BCUT2D eigenvalue weighted by molar-refractivity contribution is 7.97. The number of halogens is 10. The van der Waals surface area contributed by atoms with Gasteiger partial charge in [0.05, 0.1) is 21.8 Å². The molecule has 79 heavy (non-hydrogen) atoms. The molecule has 0 unspecified atom stereocenters. The SMILES string of the molecule is Cc1ccc([S+](c2ccc(C)cc2)c2ccc(-c3ccc([I+]c4ccc(-c5ccc([S+](c6ccc(C)cc6)c6ccc(C)cc6)cc5)cc4)cc3)cc2)cc1.O=S(=O)([O-])C(F)(F)F.O=S(=O)([O-])C(F)(F)F.O=S(=O)([O-])C(F)(F)F. The minimum Gasteiger partial charge on any atom is -0.741 e. The zero-order valence-corrected chi connectivity index (χ0v) is 47.7. The average molecular weight is 1310 g/mol. The van der Waals surface area contributed by atoms with Crippen molar-refractivity contribution in [1.82, 2.24) is 0 Å². The molecule has 9 nitrogen and oxygen atoms in total. The normalized spacial score (nSPS) is 12.1. The number of benzene rings is 8. The molecule has 24 heteroatoms. The summed E-state index contributed by atoms with van der Waals surface area (Å²) in [6.07, 6.45) is 0. The van der Waals surface area contributed by atoms with E-state index in [0.717, 1.165) is 0 Å². The van der Waals surface area contributed by atoms with E-state index in [1.165, 1.54) is 81.0 Å². The predicted octanol–water partition coefficient (Wildman–Crippen LogP) is 10.7. The smallest absolute Gasteiger partial charge is 0.485 e. The summed E-state index contributed by atoms with van der Waals surface area (Å²) < 4.78 is 180. The summed E-state index contributed by atoms with van der Waals surface area (Å²) in [4.78, 5) is 8.08. The third-order valence-electron chi connectivity index (χ3n) is 10.6. The highest BCUT2D eigenvalue weighted by atomic mass is 127. The van der Waals surface area contributed by atoms with Crippen molar-refractivity contribution >= 4 is 52.1 Å². The van der Waals surface area contributed by atoms with Crippen LogP contribution in [0.15, 0.2) is 223 Å². The molecule has 0 atom stereocenters. The van der Waals surface area contributed by atoms with Crippen molar-refractivity contribution in [3.05, 3.63) is 224 Å². The van der Waals surface area contributed by atoms with E-state index in [0.29, 0.717) is 0 Å². The molecule has 0 bridgehead atoms. The average Bonchev–Trinajstić information content (AvgIpc) is 3.41. The maximum atomic E-state index is 10.7. The molecule has 0 spiro atoms. The molecule has 8 aromatic carbocycles. The molecular weight excluding hydrogens is 1260 g/mol. The number of aryl methyl sites for hydroxylation is 4. The van der Waals surface area contributed by atoms with E-state index >= 15 is 0 Å². The molecule has 0 saturated heterocycles. The fourth-order valence-corrected chi connectivity index (χ4v) is 12.9. The van der Waals surface area contributed by atoms with E-state index in [2.05, 4.69) is 222 Å². The lowest BCUT2D eigenvalue weighted by Crippen LogP contribution is -3.61. The summed E-state index contributed by atoms with van der Waals surface area (Å²) in [6, 6.07) is 73.0. The number of rotatable bonds is 10. The van der Waals surface area contributed by atoms with Crippen molar-refractivity contribution in [2.24, 2.45) is 0 Å². The second kappa shape index (κ2) is 26.7. The van der Waals surface area contributed by atoms with Crippen molar-refractivity contribution in [3.8, 4) is 22.3 Å². The van der Waals surface area contributed by atoms with Crippen LogP contribution in [0, 0.1) is 34.8 Å². The zero-order valence-electron chi connectivity index (χ0n) is 41.5. The van der Waals surface area contributed by atoms with Gasteiger partial charge in [-0.2, -0.15) is 39.5 Å². The third-order valence-corrected chi connectivity index (χ3v) is 19.5. The second-order valence-electron chi connectivity index (χ2n) is 16.7. The second-order valence-corrected chi connectivity index (χ2v) is 27.9. The molecule has 0 aliphatic rings. The number of hydrogen-bond donors (Lipinski definition) is 0. The van der Waals surface area contributed by atoms with Crippen molar-refractivity contribution < 1.29 is 99.6 Å². The first-order valence-electron chi connectivity index (χ1n) is 22.5. The van der Waals surface area contributed by atoms with Gasteiger partial charge < -0.3 is 13.7 Å². The van der Waals surface area contributed by atoms with Crippen molar-refractivity contribution in [3.63, 3.8) is 0 Å². The van der Waals surface area contributed by atoms with Gasteiger partial charge in [0.1, 0.15) is 0 Å². The molecule has 0 aliphatic carbocycles. The van der Waals surface area contributed by atoms with E-state index in [1.807, 2.05) is 0 Å². The zero-order chi connectivity index (χ0) is 58.7. The lowest BCUT2D eigenvalue weighted by molar-refractivity contribution is -0.597. The van der Waals surface area contributed by atoms with Crippen LogP contribution in [0.25, 0.3) is 22.3 Å². The van der Waals surface area contributed by atoms with Crippen LogP contribution in [0.1, 0.15) is 22.3 Å². The van der Waals surface area contributed by atoms with Crippen LogP contribution in [0.5, 0.6) is 0 Å². The summed E-state index contributed by atoms with van der Waals surface area (Å²) in [7, 11) is -18.6. The van der Waals surface area contributed by atoms with Crippen LogP contribution in [0.4, 0.5) is 39.5 Å². The minimum atomic E-state index is -6.09. The van der Waals surface area contributed by atoms with Crippen molar-refractivity contribution in [2.75, 3.05) is 0 Å². The van der Waals surface area contributed by atoms with Gasteiger partial charge in [0, 0.05) is 0 Å². The van der Waals surface area contributed by atoms with Gasteiger partial charge in [-0.3, -0.25) is 0 Å². The van der Waals surface area contributed by atoms with Crippen LogP contribution < -0.4 is 21.2 Å². The van der Waals surface area contributed by atoms with E-state index in [4.69, 9.17) is 38.9 Å². The molecule has 0 fully saturated rings. The molecule has 0 heterocycles. The Morgan fingerprint density at radius 1 is 0.291 bits per heavy atom. The first-order valence-corrected chi connectivity index (χ1v) is 31.3. The Morgan fingerprint density at radius 2 is 0.430 bits per heavy atom. The van der Waals surface area contributed by atoms with Gasteiger partial charge in [-0.05, 0) is 196 Å². The molecule has 8 rings (SSSR count). The van der Waals surface area contributed by atoms with Gasteiger partial charge in [0.25, 0.3) is 0 Å². The maximum absolute atomic E-state index is 10.7. The van der Waals surface area contributed by atoms with Crippen LogP contribution in [0.2, 0.25) is 0 Å². The predicted molar refractivity (Wildman–Crippen MR) is 277 cm³/mol. The Morgan fingerprint density at radius 3 is 0.582 bits per heavy atom. The summed E-state index contributed by atoms with van der Waals surface area (Å²) in [5, 5.41) is 0. The fraction of sp³-hybridized carbons (Fsp3) is 0.127. The molecule has 8 aromatic rings. The molecule has 0 radical (unpaired) electrons. The first-order chi connectivity index (χ1) is 36.6. The molecule has 0 saturated carbocycles. The van der Waals surface area contributed by atoms with E-state index < -0.39 is 46.9 Å². The number of hydrogen-bond acceptors (Lipinski definition) is 9. The van der Waals surface area contributed by atoms with Crippen LogP contribution >= 0.6 is 0 Å². The maximum Gasteiger partial charge on any atom is 0.485 e. The van der Waals surface area contributed by atoms with Crippen molar-refractivity contribution in [2.45, 2.75) is 73.6 Å². The van der Waals surface area contributed by atoms with Gasteiger partial charge in [-0.25, -0.2) is 25.3 Å². The highest BCUT2D eigenvalue weighted by Gasteiger charge is 2.38. The molecule has 0 aromatic heterocycles. The van der Waals surface area contributed by atoms with Gasteiger partial charge in [-0.15, -0.1) is 0 Å². The first kappa shape index (κ1) is 64.1. The van der Waals surface area contributed by atoms with Crippen LogP contribution in [-0.2, 0) is 52.1 Å². The van der Waals surface area contributed by atoms with Gasteiger partial charge in [-0.1, -0.05) is 70.8 Å². The minimum absolute atomic E-state index is 0.151. The van der Waals surface area contributed by atoms with Crippen LogP contribution in [-0.4, -0.2) is 55.4 Å². The summed E-state index contributed by atoms with van der Waals surface area (Å²) in [6.45, 7) is 8.62. The molecule has 0 aliphatic heterocycles. The Balaban J connectivity index is 0.000000398. The van der Waals surface area contributed by atoms with Gasteiger partial charge >= 0.3 is 37.7 Å². The van der Waals surface area contributed by atoms with E-state index in [-0.39, 0.29) is 43.0 Å².